The van der Waals surface area contributed by atoms with Crippen LogP contribution in [-0.2, 0) is 11.2 Å². The molecule has 150 valence electrons. The van der Waals surface area contributed by atoms with Gasteiger partial charge in [-0.25, -0.2) is 4.68 Å². The predicted molar refractivity (Wildman–Crippen MR) is 116 cm³/mol. The van der Waals surface area contributed by atoms with Crippen LogP contribution in [0.15, 0.2) is 84.5 Å². The molecule has 0 spiro atoms. The number of hydrogen-bond acceptors (Lipinski definition) is 5. The molecule has 30 heavy (non-hydrogen) atoms. The molecule has 2 aromatic carbocycles. The number of nitrogens with one attached hydrogen (secondary N) is 1. The summed E-state index contributed by atoms with van der Waals surface area (Å²) >= 11 is 1.38. The maximum absolute atomic E-state index is 12.2. The van der Waals surface area contributed by atoms with Gasteiger partial charge in [0.1, 0.15) is 5.75 Å². The van der Waals surface area contributed by atoms with E-state index in [1.807, 2.05) is 48.0 Å². The van der Waals surface area contributed by atoms with Crippen LogP contribution in [0.25, 0.3) is 5.69 Å². The number of aryl methyl sites for hydroxylation is 1. The van der Waals surface area contributed by atoms with Crippen LogP contribution in [0.3, 0.4) is 0 Å². The molecule has 0 bridgehead atoms. The minimum Gasteiger partial charge on any atom is -0.427 e. The van der Waals surface area contributed by atoms with E-state index in [1.54, 1.807) is 41.2 Å². The smallest absolute Gasteiger partial charge is 0.311 e. The largest absolute Gasteiger partial charge is 0.427 e. The molecule has 0 radical (unpaired) electrons. The van der Waals surface area contributed by atoms with Crippen molar-refractivity contribution in [2.45, 2.75) is 12.8 Å². The van der Waals surface area contributed by atoms with Crippen molar-refractivity contribution >= 4 is 28.9 Å². The van der Waals surface area contributed by atoms with E-state index >= 15 is 0 Å². The van der Waals surface area contributed by atoms with E-state index in [0.29, 0.717) is 22.7 Å². The lowest BCUT2D eigenvalue weighted by molar-refractivity contribution is -0.134. The fourth-order valence-electron chi connectivity index (χ4n) is 2.85. The molecule has 2 heterocycles. The summed E-state index contributed by atoms with van der Waals surface area (Å²) in [5.41, 5.74) is 2.57. The van der Waals surface area contributed by atoms with Crippen molar-refractivity contribution in [1.29, 1.82) is 0 Å². The van der Waals surface area contributed by atoms with Crippen LogP contribution in [0.4, 0.5) is 5.69 Å². The molecule has 0 fully saturated rings. The van der Waals surface area contributed by atoms with Gasteiger partial charge in [0, 0.05) is 11.9 Å². The Kier molecular flexibility index (Phi) is 6.01. The van der Waals surface area contributed by atoms with Gasteiger partial charge in [-0.2, -0.15) is 5.10 Å². The molecule has 0 aliphatic carbocycles. The Hall–Kier alpha value is -3.71. The third-order valence-electron chi connectivity index (χ3n) is 4.36. The fourth-order valence-corrected chi connectivity index (χ4v) is 3.47. The van der Waals surface area contributed by atoms with Gasteiger partial charge in [0.15, 0.2) is 0 Å². The summed E-state index contributed by atoms with van der Waals surface area (Å²) < 4.78 is 7.16. The molecule has 4 aromatic rings. The molecule has 1 N–H and O–H groups in total. The third-order valence-corrected chi connectivity index (χ3v) is 5.23. The molecule has 6 nitrogen and oxygen atoms in total. The van der Waals surface area contributed by atoms with Gasteiger partial charge < -0.3 is 10.1 Å². The van der Waals surface area contributed by atoms with E-state index in [2.05, 4.69) is 10.4 Å². The molecule has 0 unspecified atom stereocenters. The number of carbonyl (C=O) groups excluding carboxylic acids is 2. The van der Waals surface area contributed by atoms with Gasteiger partial charge >= 0.3 is 5.97 Å². The first-order chi connectivity index (χ1) is 14.7. The number of carbonyl (C=O) groups is 2. The number of nitrogens with zero attached hydrogens (tertiary/aromatic N) is 2. The van der Waals surface area contributed by atoms with Crippen molar-refractivity contribution in [3.05, 3.63) is 94.9 Å². The van der Waals surface area contributed by atoms with Crippen molar-refractivity contribution in [2.75, 3.05) is 5.32 Å². The molecule has 2 aromatic heterocycles. The SMILES string of the molecule is O=C(CCc1cnn(-c2ccccc2)c1)Oc1ccc(NC(=O)c2cccs2)cc1. The van der Waals surface area contributed by atoms with E-state index in [-0.39, 0.29) is 18.3 Å². The zero-order valence-electron chi connectivity index (χ0n) is 16.0. The molecule has 0 saturated heterocycles. The molecule has 0 aliphatic heterocycles. The number of ether oxygens (including phenoxy) is 1. The van der Waals surface area contributed by atoms with E-state index in [0.717, 1.165) is 11.3 Å². The number of anilines is 1. The lowest BCUT2D eigenvalue weighted by Crippen LogP contribution is -2.11. The lowest BCUT2D eigenvalue weighted by atomic mass is 10.2. The van der Waals surface area contributed by atoms with E-state index in [1.165, 1.54) is 11.3 Å². The zero-order chi connectivity index (χ0) is 20.8. The summed E-state index contributed by atoms with van der Waals surface area (Å²) in [6, 6.07) is 20.1. The van der Waals surface area contributed by atoms with E-state index in [9.17, 15) is 9.59 Å². The highest BCUT2D eigenvalue weighted by atomic mass is 32.1. The number of aromatic nitrogens is 2. The van der Waals surface area contributed by atoms with Gasteiger partial charge in [0.2, 0.25) is 0 Å². The first-order valence-electron chi connectivity index (χ1n) is 9.42. The number of esters is 1. The monoisotopic (exact) mass is 417 g/mol. The molecule has 7 heteroatoms. The van der Waals surface area contributed by atoms with E-state index < -0.39 is 0 Å². The number of hydrogen-bond donors (Lipinski definition) is 1. The van der Waals surface area contributed by atoms with Crippen LogP contribution < -0.4 is 10.1 Å². The third kappa shape index (κ3) is 5.01. The van der Waals surface area contributed by atoms with Crippen molar-refractivity contribution in [2.24, 2.45) is 0 Å². The van der Waals surface area contributed by atoms with Gasteiger partial charge in [-0.1, -0.05) is 24.3 Å². The molecule has 1 amide bonds. The normalized spacial score (nSPS) is 10.5. The standard InChI is InChI=1S/C23H19N3O3S/c27-22(13-8-17-15-24-26(16-17)19-5-2-1-3-6-19)29-20-11-9-18(10-12-20)25-23(28)21-7-4-14-30-21/h1-7,9-12,14-16H,8,13H2,(H,25,28). The quantitative estimate of drug-likeness (QED) is 0.349. The number of rotatable bonds is 7. The molecule has 0 atom stereocenters. The zero-order valence-corrected chi connectivity index (χ0v) is 16.8. The topological polar surface area (TPSA) is 73.2 Å². The summed E-state index contributed by atoms with van der Waals surface area (Å²) in [5, 5.41) is 8.99. The van der Waals surface area contributed by atoms with Gasteiger partial charge in [0.25, 0.3) is 5.91 Å². The van der Waals surface area contributed by atoms with Gasteiger partial charge in [-0.15, -0.1) is 11.3 Å². The molecule has 0 saturated carbocycles. The lowest BCUT2D eigenvalue weighted by Gasteiger charge is -2.06. The van der Waals surface area contributed by atoms with Crippen LogP contribution in [-0.4, -0.2) is 21.7 Å². The summed E-state index contributed by atoms with van der Waals surface area (Å²) in [5.74, 6) is -0.0438. The average molecular weight is 417 g/mol. The highest BCUT2D eigenvalue weighted by Gasteiger charge is 2.09. The van der Waals surface area contributed by atoms with Gasteiger partial charge in [-0.05, 0) is 59.8 Å². The number of amides is 1. The van der Waals surface area contributed by atoms with Crippen LogP contribution in [0.1, 0.15) is 21.7 Å². The minimum absolute atomic E-state index is 0.161. The Balaban J connectivity index is 1.27. The summed E-state index contributed by atoms with van der Waals surface area (Å²) in [6.45, 7) is 0. The maximum Gasteiger partial charge on any atom is 0.311 e. The van der Waals surface area contributed by atoms with Gasteiger partial charge in [-0.3, -0.25) is 9.59 Å². The predicted octanol–water partition coefficient (Wildman–Crippen LogP) is 4.72. The highest BCUT2D eigenvalue weighted by Crippen LogP contribution is 2.18. The number of benzene rings is 2. The van der Waals surface area contributed by atoms with Crippen LogP contribution >= 0.6 is 11.3 Å². The average Bonchev–Trinajstić information content (AvgIpc) is 3.47. The highest BCUT2D eigenvalue weighted by molar-refractivity contribution is 7.12. The second-order valence-corrected chi connectivity index (χ2v) is 7.51. The maximum atomic E-state index is 12.2. The van der Waals surface area contributed by atoms with Crippen molar-refractivity contribution in [1.82, 2.24) is 9.78 Å². The Bertz CT molecular complexity index is 1120. The molecule has 4 rings (SSSR count). The van der Waals surface area contributed by atoms with Crippen molar-refractivity contribution in [3.8, 4) is 11.4 Å². The Morgan fingerprint density at radius 2 is 1.80 bits per heavy atom. The Labute approximate surface area is 177 Å². The van der Waals surface area contributed by atoms with Crippen LogP contribution in [0.2, 0.25) is 0 Å². The first kappa shape index (κ1) is 19.6. The first-order valence-corrected chi connectivity index (χ1v) is 10.3. The van der Waals surface area contributed by atoms with Crippen LogP contribution in [0, 0.1) is 0 Å². The second-order valence-electron chi connectivity index (χ2n) is 6.56. The molecular weight excluding hydrogens is 398 g/mol. The van der Waals surface area contributed by atoms with Crippen LogP contribution in [0.5, 0.6) is 5.75 Å². The second kappa shape index (κ2) is 9.19. The molecule has 0 aliphatic rings. The minimum atomic E-state index is -0.321. The number of thiophene rings is 1. The summed E-state index contributed by atoms with van der Waals surface area (Å²) in [4.78, 5) is 24.9. The number of para-hydroxylation sites is 1. The van der Waals surface area contributed by atoms with Crippen molar-refractivity contribution in [3.63, 3.8) is 0 Å². The van der Waals surface area contributed by atoms with Gasteiger partial charge in [0.05, 0.1) is 23.2 Å². The Morgan fingerprint density at radius 3 is 2.53 bits per heavy atom. The Morgan fingerprint density at radius 1 is 1.00 bits per heavy atom. The van der Waals surface area contributed by atoms with Crippen molar-refractivity contribution < 1.29 is 14.3 Å². The molecular formula is C23H19N3O3S. The van der Waals surface area contributed by atoms with E-state index in [4.69, 9.17) is 4.74 Å². The summed E-state index contributed by atoms with van der Waals surface area (Å²) in [7, 11) is 0. The fraction of sp³-hybridized carbons (Fsp3) is 0.0870. The summed E-state index contributed by atoms with van der Waals surface area (Å²) in [6.07, 6.45) is 4.46.